The summed E-state index contributed by atoms with van der Waals surface area (Å²) in [5.74, 6) is 0. The Morgan fingerprint density at radius 1 is 1.00 bits per heavy atom. The van der Waals surface area contributed by atoms with Crippen LogP contribution in [0, 0.1) is 0 Å². The van der Waals surface area contributed by atoms with Gasteiger partial charge in [-0.05, 0) is 60.8 Å². The number of aliphatic hydroxyl groups is 1. The van der Waals surface area contributed by atoms with Crippen molar-refractivity contribution in [1.29, 1.82) is 0 Å². The van der Waals surface area contributed by atoms with E-state index in [1.54, 1.807) is 41.5 Å². The van der Waals surface area contributed by atoms with Crippen molar-refractivity contribution < 1.29 is 24.2 Å². The molecule has 0 aromatic rings. The summed E-state index contributed by atoms with van der Waals surface area (Å²) in [6, 6.07) is -1.07. The maximum absolute atomic E-state index is 12.5. The number of hydrogen-bond acceptors (Lipinski definition) is 6. The van der Waals surface area contributed by atoms with E-state index in [2.05, 4.69) is 0 Å². The number of amides is 2. The molecule has 0 spiro atoms. The molecular weight excluding hydrogens is 300 g/mol. The largest absolute Gasteiger partial charge is 0.443 e. The molecule has 0 radical (unpaired) electrons. The van der Waals surface area contributed by atoms with Gasteiger partial charge >= 0.3 is 12.2 Å². The molecule has 0 saturated heterocycles. The van der Waals surface area contributed by atoms with Gasteiger partial charge in [-0.15, -0.1) is 0 Å². The Morgan fingerprint density at radius 3 is 1.78 bits per heavy atom. The molecule has 0 aromatic carbocycles. The number of hydrogen-bond donors (Lipinski definition) is 2. The van der Waals surface area contributed by atoms with Crippen LogP contribution in [0.5, 0.6) is 0 Å². The monoisotopic (exact) mass is 330 g/mol. The zero-order valence-corrected chi connectivity index (χ0v) is 15.0. The van der Waals surface area contributed by atoms with Crippen LogP contribution in [0.3, 0.4) is 0 Å². The minimum atomic E-state index is -0.774. The summed E-state index contributed by atoms with van der Waals surface area (Å²) in [5.41, 5.74) is 4.58. The van der Waals surface area contributed by atoms with E-state index in [0.29, 0.717) is 19.3 Å². The number of aliphatic hydroxyl groups excluding tert-OH is 1. The molecule has 1 aliphatic carbocycles. The Morgan fingerprint density at radius 2 is 1.43 bits per heavy atom. The second-order valence-corrected chi connectivity index (χ2v) is 8.03. The molecule has 7 heteroatoms. The second-order valence-electron chi connectivity index (χ2n) is 8.03. The third kappa shape index (κ3) is 6.35. The molecule has 1 saturated carbocycles. The zero-order valence-electron chi connectivity index (χ0n) is 15.0. The maximum Gasteiger partial charge on any atom is 0.420 e. The van der Waals surface area contributed by atoms with Crippen molar-refractivity contribution in [3.63, 3.8) is 0 Å². The summed E-state index contributed by atoms with van der Waals surface area (Å²) in [7, 11) is 0. The molecule has 23 heavy (non-hydrogen) atoms. The Kier molecular flexibility index (Phi) is 6.04. The van der Waals surface area contributed by atoms with Crippen LogP contribution in [-0.2, 0) is 9.47 Å². The number of imide groups is 1. The van der Waals surface area contributed by atoms with Gasteiger partial charge in [0.25, 0.3) is 0 Å². The van der Waals surface area contributed by atoms with E-state index in [1.807, 2.05) is 0 Å². The molecule has 3 unspecified atom stereocenters. The Labute approximate surface area is 138 Å². The topological polar surface area (TPSA) is 102 Å². The molecule has 0 heterocycles. The Balaban J connectivity index is 3.01. The summed E-state index contributed by atoms with van der Waals surface area (Å²) in [4.78, 5) is 26.0. The number of rotatable bonds is 1. The van der Waals surface area contributed by atoms with Gasteiger partial charge in [0, 0.05) is 6.04 Å². The molecule has 0 bridgehead atoms. The van der Waals surface area contributed by atoms with E-state index in [0.717, 1.165) is 4.90 Å². The molecule has 3 atom stereocenters. The first-order valence-corrected chi connectivity index (χ1v) is 7.99. The third-order valence-electron chi connectivity index (χ3n) is 3.35. The van der Waals surface area contributed by atoms with Gasteiger partial charge in [-0.2, -0.15) is 0 Å². The lowest BCUT2D eigenvalue weighted by Gasteiger charge is -2.39. The second kappa shape index (κ2) is 7.05. The predicted molar refractivity (Wildman–Crippen MR) is 85.9 cm³/mol. The molecule has 0 aromatic heterocycles. The van der Waals surface area contributed by atoms with Crippen LogP contribution in [0.25, 0.3) is 0 Å². The minimum absolute atomic E-state index is 0.326. The van der Waals surface area contributed by atoms with E-state index in [9.17, 15) is 14.7 Å². The van der Waals surface area contributed by atoms with Gasteiger partial charge in [-0.3, -0.25) is 0 Å². The van der Waals surface area contributed by atoms with Crippen LogP contribution < -0.4 is 5.73 Å². The molecule has 2 amide bonds. The summed E-state index contributed by atoms with van der Waals surface area (Å²) in [6.45, 7) is 10.3. The zero-order chi connectivity index (χ0) is 18.0. The number of ether oxygens (including phenoxy) is 2. The Hall–Kier alpha value is -1.34. The van der Waals surface area contributed by atoms with Gasteiger partial charge in [0.05, 0.1) is 12.1 Å². The number of carbonyl (C=O) groups is 2. The van der Waals surface area contributed by atoms with Crippen molar-refractivity contribution in [2.24, 2.45) is 5.73 Å². The fourth-order valence-corrected chi connectivity index (χ4v) is 2.45. The van der Waals surface area contributed by atoms with Gasteiger partial charge in [-0.25, -0.2) is 14.5 Å². The lowest BCUT2D eigenvalue weighted by atomic mass is 9.88. The first-order valence-electron chi connectivity index (χ1n) is 7.99. The summed E-state index contributed by atoms with van der Waals surface area (Å²) >= 11 is 0. The van der Waals surface area contributed by atoms with Crippen molar-refractivity contribution in [3.05, 3.63) is 0 Å². The van der Waals surface area contributed by atoms with Gasteiger partial charge in [0.1, 0.15) is 11.2 Å². The van der Waals surface area contributed by atoms with E-state index in [4.69, 9.17) is 15.2 Å². The fraction of sp³-hybridized carbons (Fsp3) is 0.875. The maximum atomic E-state index is 12.5. The fourth-order valence-electron chi connectivity index (χ4n) is 2.45. The summed E-state index contributed by atoms with van der Waals surface area (Å²) in [5, 5.41) is 9.70. The lowest BCUT2D eigenvalue weighted by Crippen LogP contribution is -2.57. The first kappa shape index (κ1) is 19.7. The van der Waals surface area contributed by atoms with Crippen molar-refractivity contribution in [1.82, 2.24) is 4.90 Å². The van der Waals surface area contributed by atoms with Gasteiger partial charge in [0.2, 0.25) is 0 Å². The third-order valence-corrected chi connectivity index (χ3v) is 3.35. The highest BCUT2D eigenvalue weighted by atomic mass is 16.6. The summed E-state index contributed by atoms with van der Waals surface area (Å²) in [6.07, 6.45) is -0.846. The number of nitrogens with zero attached hydrogens (tertiary/aromatic N) is 1. The normalized spacial score (nSPS) is 25.7. The lowest BCUT2D eigenvalue weighted by molar-refractivity contribution is -0.0190. The molecule has 3 N–H and O–H groups in total. The highest BCUT2D eigenvalue weighted by Gasteiger charge is 2.41. The molecule has 1 aliphatic rings. The Bertz CT molecular complexity index is 411. The molecule has 134 valence electrons. The van der Waals surface area contributed by atoms with E-state index >= 15 is 0 Å². The quantitative estimate of drug-likeness (QED) is 0.765. The van der Waals surface area contributed by atoms with Crippen LogP contribution in [0.15, 0.2) is 0 Å². The highest BCUT2D eigenvalue weighted by molar-refractivity contribution is 5.88. The van der Waals surface area contributed by atoms with E-state index in [1.165, 1.54) is 0 Å². The molecular formula is C16H30N2O5. The van der Waals surface area contributed by atoms with Gasteiger partial charge < -0.3 is 20.3 Å². The number of carbonyl (C=O) groups excluding carboxylic acids is 2. The smallest absolute Gasteiger partial charge is 0.420 e. The molecule has 1 fully saturated rings. The van der Waals surface area contributed by atoms with Crippen LogP contribution in [0.4, 0.5) is 9.59 Å². The standard InChI is InChI=1S/C16H30N2O5/c1-15(2,3)22-13(20)18(14(21)23-16(4,5)6)12-8-7-10(19)9-11(12)17/h10-12,19H,7-9,17H2,1-6H3. The summed E-state index contributed by atoms with van der Waals surface area (Å²) < 4.78 is 10.7. The van der Waals surface area contributed by atoms with Crippen molar-refractivity contribution in [3.8, 4) is 0 Å². The first-order chi connectivity index (χ1) is 10.3. The average molecular weight is 330 g/mol. The van der Waals surface area contributed by atoms with Crippen molar-refractivity contribution >= 4 is 12.2 Å². The average Bonchev–Trinajstić information content (AvgIpc) is 2.27. The SMILES string of the molecule is CC(C)(C)OC(=O)N(C(=O)OC(C)(C)C)C1CCC(O)CC1N. The molecule has 0 aliphatic heterocycles. The van der Waals surface area contributed by atoms with Gasteiger partial charge in [-0.1, -0.05) is 0 Å². The van der Waals surface area contributed by atoms with Crippen molar-refractivity contribution in [2.75, 3.05) is 0 Å². The van der Waals surface area contributed by atoms with Crippen LogP contribution >= 0.6 is 0 Å². The van der Waals surface area contributed by atoms with Crippen LogP contribution in [0.1, 0.15) is 60.8 Å². The highest BCUT2D eigenvalue weighted by Crippen LogP contribution is 2.26. The minimum Gasteiger partial charge on any atom is -0.443 e. The van der Waals surface area contributed by atoms with E-state index < -0.39 is 41.6 Å². The molecule has 1 rings (SSSR count). The van der Waals surface area contributed by atoms with Crippen LogP contribution in [-0.4, -0.2) is 51.6 Å². The van der Waals surface area contributed by atoms with Gasteiger partial charge in [0.15, 0.2) is 0 Å². The van der Waals surface area contributed by atoms with Crippen molar-refractivity contribution in [2.45, 2.75) is 90.2 Å². The predicted octanol–water partition coefficient (Wildman–Crippen LogP) is 2.40. The number of nitrogens with two attached hydrogens (primary N) is 1. The van der Waals surface area contributed by atoms with Crippen LogP contribution in [0.2, 0.25) is 0 Å². The van der Waals surface area contributed by atoms with E-state index in [-0.39, 0.29) is 0 Å². The molecule has 7 nitrogen and oxygen atoms in total.